The van der Waals surface area contributed by atoms with E-state index in [0.717, 1.165) is 55.5 Å². The molecule has 2 atom stereocenters. The van der Waals surface area contributed by atoms with Crippen LogP contribution in [0, 0.1) is 5.92 Å². The molecule has 0 spiro atoms. The molecule has 1 saturated carbocycles. The summed E-state index contributed by atoms with van der Waals surface area (Å²) in [5, 5.41) is 11.6. The Bertz CT molecular complexity index is 639. The van der Waals surface area contributed by atoms with Crippen LogP contribution in [-0.2, 0) is 24.3 Å². The highest BCUT2D eigenvalue weighted by molar-refractivity contribution is 5.79. The number of fused-ring (bicyclic) bond motifs is 1. The van der Waals surface area contributed by atoms with Crippen LogP contribution in [0.25, 0.3) is 0 Å². The van der Waals surface area contributed by atoms with Crippen molar-refractivity contribution in [2.24, 2.45) is 10.9 Å². The molecule has 2 aliphatic heterocycles. The van der Waals surface area contributed by atoms with Crippen molar-refractivity contribution in [1.29, 1.82) is 0 Å². The van der Waals surface area contributed by atoms with E-state index >= 15 is 0 Å². The van der Waals surface area contributed by atoms with E-state index in [-0.39, 0.29) is 0 Å². The molecule has 1 aromatic heterocycles. The van der Waals surface area contributed by atoms with Crippen LogP contribution in [0.4, 0.5) is 0 Å². The van der Waals surface area contributed by atoms with Crippen molar-refractivity contribution in [3.05, 3.63) is 11.6 Å². The molecule has 26 heavy (non-hydrogen) atoms. The Morgan fingerprint density at radius 1 is 1.27 bits per heavy atom. The number of nitrogens with zero attached hydrogens (tertiary/aromatic N) is 5. The second-order valence-electron chi connectivity index (χ2n) is 7.77. The third kappa shape index (κ3) is 4.17. The quantitative estimate of drug-likeness (QED) is 0.564. The molecule has 4 rings (SSSR count). The van der Waals surface area contributed by atoms with E-state index in [0.29, 0.717) is 12.6 Å². The Labute approximate surface area is 155 Å². The Balaban J connectivity index is 1.24. The Morgan fingerprint density at radius 3 is 2.92 bits per heavy atom. The molecule has 1 aromatic rings. The van der Waals surface area contributed by atoms with Crippen molar-refractivity contribution in [2.75, 3.05) is 33.8 Å². The maximum atomic E-state index is 5.13. The Hall–Kier alpha value is -1.67. The van der Waals surface area contributed by atoms with Gasteiger partial charge in [0.25, 0.3) is 0 Å². The summed E-state index contributed by atoms with van der Waals surface area (Å²) in [6.07, 6.45) is 6.09. The third-order valence-electron chi connectivity index (χ3n) is 5.68. The number of hydrogen-bond acceptors (Lipinski definition) is 5. The SMILES string of the molecule is CN=C(NCC1CCN(C2CC2)C1)NC1CCc2nc(COC)nn2C1. The van der Waals surface area contributed by atoms with Gasteiger partial charge in [-0.3, -0.25) is 4.99 Å². The summed E-state index contributed by atoms with van der Waals surface area (Å²) in [5.41, 5.74) is 0. The van der Waals surface area contributed by atoms with Gasteiger partial charge in [-0.05, 0) is 38.1 Å². The van der Waals surface area contributed by atoms with Crippen LogP contribution in [0.15, 0.2) is 4.99 Å². The van der Waals surface area contributed by atoms with Crippen LogP contribution in [0.2, 0.25) is 0 Å². The summed E-state index contributed by atoms with van der Waals surface area (Å²) < 4.78 is 7.14. The molecule has 2 fully saturated rings. The second-order valence-corrected chi connectivity index (χ2v) is 7.77. The number of aromatic nitrogens is 3. The molecule has 0 bridgehead atoms. The summed E-state index contributed by atoms with van der Waals surface area (Å²) in [6, 6.07) is 1.22. The van der Waals surface area contributed by atoms with Crippen molar-refractivity contribution in [2.45, 2.75) is 57.3 Å². The normalized spacial score (nSPS) is 26.8. The van der Waals surface area contributed by atoms with Gasteiger partial charge in [0, 0.05) is 45.8 Å². The Morgan fingerprint density at radius 2 is 2.15 bits per heavy atom. The maximum absolute atomic E-state index is 5.13. The third-order valence-corrected chi connectivity index (χ3v) is 5.68. The minimum Gasteiger partial charge on any atom is -0.377 e. The number of methoxy groups -OCH3 is 1. The molecule has 1 aliphatic carbocycles. The van der Waals surface area contributed by atoms with Gasteiger partial charge in [-0.2, -0.15) is 5.10 Å². The van der Waals surface area contributed by atoms with E-state index in [1.807, 2.05) is 11.7 Å². The molecule has 2 N–H and O–H groups in total. The number of aryl methyl sites for hydroxylation is 1. The molecule has 2 unspecified atom stereocenters. The van der Waals surface area contributed by atoms with Crippen LogP contribution in [0.1, 0.15) is 37.3 Å². The molecular formula is C18H31N7O. The molecule has 8 nitrogen and oxygen atoms in total. The van der Waals surface area contributed by atoms with E-state index < -0.39 is 0 Å². The molecule has 8 heteroatoms. The van der Waals surface area contributed by atoms with E-state index in [2.05, 4.69) is 30.6 Å². The average molecular weight is 361 g/mol. The predicted octanol–water partition coefficient (Wildman–Crippen LogP) is 0.389. The lowest BCUT2D eigenvalue weighted by molar-refractivity contribution is 0.177. The highest BCUT2D eigenvalue weighted by Gasteiger charge is 2.34. The van der Waals surface area contributed by atoms with E-state index in [1.165, 1.54) is 32.4 Å². The van der Waals surface area contributed by atoms with Gasteiger partial charge in [0.1, 0.15) is 12.4 Å². The van der Waals surface area contributed by atoms with Crippen molar-refractivity contribution in [3.63, 3.8) is 0 Å². The largest absolute Gasteiger partial charge is 0.377 e. The minimum absolute atomic E-state index is 0.331. The highest BCUT2D eigenvalue weighted by Crippen LogP contribution is 2.31. The zero-order chi connectivity index (χ0) is 17.9. The summed E-state index contributed by atoms with van der Waals surface area (Å²) >= 11 is 0. The van der Waals surface area contributed by atoms with E-state index in [9.17, 15) is 0 Å². The fourth-order valence-corrected chi connectivity index (χ4v) is 4.10. The Kier molecular flexibility index (Phi) is 5.40. The fourth-order valence-electron chi connectivity index (χ4n) is 4.10. The van der Waals surface area contributed by atoms with Crippen LogP contribution >= 0.6 is 0 Å². The number of guanidine groups is 1. The van der Waals surface area contributed by atoms with Crippen LogP contribution < -0.4 is 10.6 Å². The topological polar surface area (TPSA) is 79.6 Å². The van der Waals surface area contributed by atoms with Crippen LogP contribution in [0.5, 0.6) is 0 Å². The molecule has 1 saturated heterocycles. The zero-order valence-electron chi connectivity index (χ0n) is 15.9. The van der Waals surface area contributed by atoms with Gasteiger partial charge in [0.2, 0.25) is 0 Å². The molecule has 3 heterocycles. The molecule has 3 aliphatic rings. The first-order valence-electron chi connectivity index (χ1n) is 9.88. The summed E-state index contributed by atoms with van der Waals surface area (Å²) in [7, 11) is 3.52. The predicted molar refractivity (Wildman–Crippen MR) is 100 cm³/mol. The first kappa shape index (κ1) is 17.7. The number of rotatable bonds is 6. The smallest absolute Gasteiger partial charge is 0.191 e. The highest BCUT2D eigenvalue weighted by atomic mass is 16.5. The summed E-state index contributed by atoms with van der Waals surface area (Å²) in [6.45, 7) is 4.81. The van der Waals surface area contributed by atoms with Crippen LogP contribution in [-0.4, -0.2) is 71.5 Å². The monoisotopic (exact) mass is 361 g/mol. The van der Waals surface area contributed by atoms with Crippen LogP contribution in [0.3, 0.4) is 0 Å². The molecular weight excluding hydrogens is 330 g/mol. The lowest BCUT2D eigenvalue weighted by Gasteiger charge is -2.26. The van der Waals surface area contributed by atoms with Gasteiger partial charge in [0.15, 0.2) is 11.8 Å². The average Bonchev–Trinajstić information content (AvgIpc) is 3.25. The first-order valence-corrected chi connectivity index (χ1v) is 9.88. The lowest BCUT2D eigenvalue weighted by Crippen LogP contribution is -2.48. The van der Waals surface area contributed by atoms with Gasteiger partial charge in [-0.15, -0.1) is 0 Å². The lowest BCUT2D eigenvalue weighted by atomic mass is 10.1. The van der Waals surface area contributed by atoms with Gasteiger partial charge < -0.3 is 20.3 Å². The maximum Gasteiger partial charge on any atom is 0.191 e. The van der Waals surface area contributed by atoms with Gasteiger partial charge >= 0.3 is 0 Å². The molecule has 0 aromatic carbocycles. The van der Waals surface area contributed by atoms with Crippen molar-refractivity contribution < 1.29 is 4.74 Å². The molecule has 0 amide bonds. The standard InChI is InChI=1S/C18H31N7O/c1-19-18(20-9-13-7-8-24(10-13)15-4-5-15)21-14-3-6-17-22-16(12-26-2)23-25(17)11-14/h13-15H,3-12H2,1-2H3,(H2,19,20,21). The fraction of sp³-hybridized carbons (Fsp3) is 0.833. The van der Waals surface area contributed by atoms with Gasteiger partial charge in [-0.25, -0.2) is 9.67 Å². The number of nitrogens with one attached hydrogen (secondary N) is 2. The summed E-state index contributed by atoms with van der Waals surface area (Å²) in [4.78, 5) is 11.6. The molecule has 144 valence electrons. The number of hydrogen-bond donors (Lipinski definition) is 2. The number of aliphatic imine (C=N–C) groups is 1. The summed E-state index contributed by atoms with van der Waals surface area (Å²) in [5.74, 6) is 3.47. The van der Waals surface area contributed by atoms with E-state index in [1.54, 1.807) is 7.11 Å². The first-order chi connectivity index (χ1) is 12.7. The second kappa shape index (κ2) is 7.92. The number of ether oxygens (including phenoxy) is 1. The molecule has 0 radical (unpaired) electrons. The van der Waals surface area contributed by atoms with Crippen molar-refractivity contribution in [3.8, 4) is 0 Å². The zero-order valence-corrected chi connectivity index (χ0v) is 15.9. The van der Waals surface area contributed by atoms with E-state index in [4.69, 9.17) is 4.74 Å². The minimum atomic E-state index is 0.331. The van der Waals surface area contributed by atoms with Crippen molar-refractivity contribution >= 4 is 5.96 Å². The number of likely N-dealkylation sites (tertiary alicyclic amines) is 1. The van der Waals surface area contributed by atoms with Gasteiger partial charge in [0.05, 0.1) is 6.54 Å². The van der Waals surface area contributed by atoms with Crippen molar-refractivity contribution in [1.82, 2.24) is 30.3 Å². The van der Waals surface area contributed by atoms with Gasteiger partial charge in [-0.1, -0.05) is 0 Å².